The maximum absolute atomic E-state index is 5.75. The van der Waals surface area contributed by atoms with Crippen LogP contribution in [0.2, 0.25) is 0 Å². The Balaban J connectivity index is 1.33. The van der Waals surface area contributed by atoms with Crippen LogP contribution in [-0.4, -0.2) is 72.2 Å². The van der Waals surface area contributed by atoms with Crippen LogP contribution in [0.25, 0.3) is 0 Å². The molecular weight excluding hydrogens is 402 g/mol. The first kappa shape index (κ1) is 22.4. The van der Waals surface area contributed by atoms with Gasteiger partial charge in [-0.2, -0.15) is 5.10 Å². The van der Waals surface area contributed by atoms with Gasteiger partial charge in [-0.3, -0.25) is 19.9 Å². The van der Waals surface area contributed by atoms with E-state index in [1.807, 2.05) is 6.20 Å². The Hall–Kier alpha value is -2.84. The number of rotatable bonds is 7. The normalized spacial score (nSPS) is 20.7. The number of nitrogens with zero attached hydrogens (tertiary/aromatic N) is 6. The van der Waals surface area contributed by atoms with Crippen LogP contribution in [0.1, 0.15) is 36.1 Å². The Morgan fingerprint density at radius 1 is 1.22 bits per heavy atom. The number of hydrazone groups is 1. The van der Waals surface area contributed by atoms with Gasteiger partial charge in [-0.1, -0.05) is 6.07 Å². The van der Waals surface area contributed by atoms with Gasteiger partial charge in [0, 0.05) is 75.4 Å². The van der Waals surface area contributed by atoms with Crippen molar-refractivity contribution in [3.8, 4) is 0 Å². The molecule has 0 aliphatic carbocycles. The fourth-order valence-corrected chi connectivity index (χ4v) is 4.32. The zero-order valence-electron chi connectivity index (χ0n) is 18.9. The molecule has 1 atom stereocenters. The predicted molar refractivity (Wildman–Crippen MR) is 128 cm³/mol. The van der Waals surface area contributed by atoms with E-state index in [0.717, 1.165) is 69.0 Å². The zero-order chi connectivity index (χ0) is 22.2. The minimum Gasteiger partial charge on any atom is -0.376 e. The molecule has 1 unspecified atom stereocenters. The number of aromatic nitrogens is 2. The monoisotopic (exact) mass is 435 g/mol. The fourth-order valence-electron chi connectivity index (χ4n) is 4.32. The van der Waals surface area contributed by atoms with Crippen molar-refractivity contribution in [2.75, 3.05) is 44.2 Å². The molecule has 32 heavy (non-hydrogen) atoms. The van der Waals surface area contributed by atoms with Gasteiger partial charge in [-0.05, 0) is 43.9 Å². The Morgan fingerprint density at radius 3 is 2.78 bits per heavy atom. The van der Waals surface area contributed by atoms with E-state index in [1.165, 1.54) is 12.1 Å². The SMILES string of the molecule is Cc1cc(N2CCN(Cc3cnccn3)CC2)ccc1/C(C=NCC1CCCCO1)=N/N. The van der Waals surface area contributed by atoms with Crippen LogP contribution in [0, 0.1) is 6.92 Å². The van der Waals surface area contributed by atoms with Crippen molar-refractivity contribution in [1.29, 1.82) is 0 Å². The van der Waals surface area contributed by atoms with Crippen molar-refractivity contribution in [3.05, 3.63) is 53.6 Å². The van der Waals surface area contributed by atoms with E-state index in [1.54, 1.807) is 18.6 Å². The third kappa shape index (κ3) is 5.89. The standard InChI is InChI=1S/C24H33N7O/c1-19-14-21(31-11-9-30(10-12-31)18-20-15-26-7-8-28-20)5-6-23(19)24(29-25)17-27-16-22-4-2-3-13-32-22/h5-8,14-15,17,22H,2-4,9-13,16,18,25H2,1H3/b27-17?,29-24+. The number of hydrogen-bond donors (Lipinski definition) is 1. The summed E-state index contributed by atoms with van der Waals surface area (Å²) in [7, 11) is 0. The van der Waals surface area contributed by atoms with Gasteiger partial charge in [0.15, 0.2) is 0 Å². The van der Waals surface area contributed by atoms with Gasteiger partial charge < -0.3 is 15.5 Å². The molecule has 2 fully saturated rings. The second-order valence-corrected chi connectivity index (χ2v) is 8.46. The highest BCUT2D eigenvalue weighted by Gasteiger charge is 2.19. The molecule has 8 nitrogen and oxygen atoms in total. The van der Waals surface area contributed by atoms with Crippen LogP contribution in [0.3, 0.4) is 0 Å². The van der Waals surface area contributed by atoms with Crippen molar-refractivity contribution >= 4 is 17.6 Å². The summed E-state index contributed by atoms with van der Waals surface area (Å²) < 4.78 is 5.75. The van der Waals surface area contributed by atoms with Gasteiger partial charge in [-0.25, -0.2) is 0 Å². The number of anilines is 1. The molecule has 2 aromatic rings. The summed E-state index contributed by atoms with van der Waals surface area (Å²) in [6, 6.07) is 6.48. The summed E-state index contributed by atoms with van der Waals surface area (Å²) in [5, 5.41) is 3.99. The topological polar surface area (TPSA) is 92.2 Å². The van der Waals surface area contributed by atoms with Crippen molar-refractivity contribution < 1.29 is 4.74 Å². The van der Waals surface area contributed by atoms with E-state index < -0.39 is 0 Å². The van der Waals surface area contributed by atoms with Gasteiger partial charge in [0.2, 0.25) is 0 Å². The average molecular weight is 436 g/mol. The summed E-state index contributed by atoms with van der Waals surface area (Å²) in [5.74, 6) is 5.69. The van der Waals surface area contributed by atoms with Crippen LogP contribution in [0.5, 0.6) is 0 Å². The van der Waals surface area contributed by atoms with Crippen LogP contribution < -0.4 is 10.7 Å². The minimum atomic E-state index is 0.218. The molecule has 4 rings (SSSR count). The minimum absolute atomic E-state index is 0.218. The number of aliphatic imine (C=N–C) groups is 1. The van der Waals surface area contributed by atoms with Gasteiger partial charge >= 0.3 is 0 Å². The number of nitrogens with two attached hydrogens (primary N) is 1. The van der Waals surface area contributed by atoms with Gasteiger partial charge in [0.25, 0.3) is 0 Å². The maximum Gasteiger partial charge on any atom is 0.108 e. The highest BCUT2D eigenvalue weighted by molar-refractivity contribution is 6.38. The van der Waals surface area contributed by atoms with E-state index in [2.05, 4.69) is 55.0 Å². The molecular formula is C24H33N7O. The quantitative estimate of drug-likeness (QED) is 0.408. The highest BCUT2D eigenvalue weighted by Crippen LogP contribution is 2.22. The average Bonchev–Trinajstić information content (AvgIpc) is 2.84. The van der Waals surface area contributed by atoms with Crippen LogP contribution >= 0.6 is 0 Å². The Morgan fingerprint density at radius 2 is 2.09 bits per heavy atom. The molecule has 1 aromatic heterocycles. The molecule has 2 saturated heterocycles. The zero-order valence-corrected chi connectivity index (χ0v) is 18.9. The number of benzene rings is 1. The third-order valence-electron chi connectivity index (χ3n) is 6.16. The summed E-state index contributed by atoms with van der Waals surface area (Å²) in [5.41, 5.74) is 5.12. The first-order chi connectivity index (χ1) is 15.7. The second kappa shape index (κ2) is 11.2. The molecule has 2 N–H and O–H groups in total. The summed E-state index contributed by atoms with van der Waals surface area (Å²) in [4.78, 5) is 18.0. The highest BCUT2D eigenvalue weighted by atomic mass is 16.5. The van der Waals surface area contributed by atoms with Gasteiger partial charge in [-0.15, -0.1) is 0 Å². The molecule has 1 aromatic carbocycles. The van der Waals surface area contributed by atoms with Crippen molar-refractivity contribution in [2.45, 2.75) is 38.8 Å². The molecule has 2 aliphatic rings. The molecule has 0 amide bonds. The number of aryl methyl sites for hydroxylation is 1. The van der Waals surface area contributed by atoms with E-state index in [-0.39, 0.29) is 6.10 Å². The lowest BCUT2D eigenvalue weighted by Gasteiger charge is -2.36. The first-order valence-corrected chi connectivity index (χ1v) is 11.5. The van der Waals surface area contributed by atoms with Crippen LogP contribution in [0.4, 0.5) is 5.69 Å². The van der Waals surface area contributed by atoms with E-state index in [9.17, 15) is 0 Å². The van der Waals surface area contributed by atoms with Crippen molar-refractivity contribution in [2.24, 2.45) is 15.9 Å². The molecule has 8 heteroatoms. The molecule has 2 aliphatic heterocycles. The second-order valence-electron chi connectivity index (χ2n) is 8.46. The van der Waals surface area contributed by atoms with E-state index in [0.29, 0.717) is 12.3 Å². The lowest BCUT2D eigenvalue weighted by atomic mass is 10.0. The van der Waals surface area contributed by atoms with Gasteiger partial charge in [0.1, 0.15) is 5.71 Å². The fraction of sp³-hybridized carbons (Fsp3) is 0.500. The maximum atomic E-state index is 5.75. The lowest BCUT2D eigenvalue weighted by molar-refractivity contribution is 0.0226. The lowest BCUT2D eigenvalue weighted by Crippen LogP contribution is -2.46. The molecule has 170 valence electrons. The largest absolute Gasteiger partial charge is 0.376 e. The van der Waals surface area contributed by atoms with Crippen molar-refractivity contribution in [1.82, 2.24) is 14.9 Å². The van der Waals surface area contributed by atoms with Crippen LogP contribution in [-0.2, 0) is 11.3 Å². The predicted octanol–water partition coefficient (Wildman–Crippen LogP) is 2.41. The molecule has 0 spiro atoms. The van der Waals surface area contributed by atoms with Crippen molar-refractivity contribution in [3.63, 3.8) is 0 Å². The summed E-state index contributed by atoms with van der Waals surface area (Å²) in [6.07, 6.45) is 10.8. The van der Waals surface area contributed by atoms with Crippen LogP contribution in [0.15, 0.2) is 46.9 Å². The van der Waals surface area contributed by atoms with E-state index in [4.69, 9.17) is 10.6 Å². The Labute approximate surface area is 190 Å². The van der Waals surface area contributed by atoms with E-state index >= 15 is 0 Å². The molecule has 0 bridgehead atoms. The number of ether oxygens (including phenoxy) is 1. The van der Waals surface area contributed by atoms with Gasteiger partial charge in [0.05, 0.1) is 18.3 Å². The smallest absolute Gasteiger partial charge is 0.108 e. The number of hydrogen-bond acceptors (Lipinski definition) is 8. The molecule has 0 saturated carbocycles. The molecule has 0 radical (unpaired) electrons. The molecule has 3 heterocycles. The number of piperazine rings is 1. The Kier molecular flexibility index (Phi) is 7.79. The Bertz CT molecular complexity index is 917. The third-order valence-corrected chi connectivity index (χ3v) is 6.16. The first-order valence-electron chi connectivity index (χ1n) is 11.5. The summed E-state index contributed by atoms with van der Waals surface area (Å²) in [6.45, 7) is 8.43. The summed E-state index contributed by atoms with van der Waals surface area (Å²) >= 11 is 0.